The third kappa shape index (κ3) is 26.5. The number of carbonyl (C=O) groups excluding carboxylic acids is 14. The van der Waals surface area contributed by atoms with Crippen LogP contribution in [0.1, 0.15) is 77.8 Å². The van der Waals surface area contributed by atoms with Crippen LogP contribution in [0.4, 0.5) is 0 Å². The molecule has 2 aliphatic rings. The molecule has 0 aromatic heterocycles. The second-order valence-electron chi connectivity index (χ2n) is 22.9. The highest BCUT2D eigenvalue weighted by Gasteiger charge is 2.41. The minimum Gasteiger partial charge on any atom is -0.508 e. The topological polar surface area (TPSA) is 548 Å². The van der Waals surface area contributed by atoms with Gasteiger partial charge in [-0.15, -0.1) is 11.7 Å². The Balaban J connectivity index is 1.41. The van der Waals surface area contributed by atoms with Crippen LogP contribution in [0.3, 0.4) is 0 Å². The molecule has 0 unspecified atom stereocenters. The van der Waals surface area contributed by atoms with Gasteiger partial charge in [-0.1, -0.05) is 56.6 Å². The largest absolute Gasteiger partial charge is 0.508 e. The maximum Gasteiger partial charge on any atom is 0.326 e. The molecule has 14 atom stereocenters. The number of thiol groups is 1. The molecule has 0 saturated carbocycles. The Labute approximate surface area is 578 Å². The number of amides is 13. The summed E-state index contributed by atoms with van der Waals surface area (Å²) in [6.45, 7) is 5.21. The first-order valence-corrected chi connectivity index (χ1v) is 35.1. The number of aromatic hydroxyl groups is 2. The van der Waals surface area contributed by atoms with Crippen LogP contribution >= 0.6 is 44.0 Å². The smallest absolute Gasteiger partial charge is 0.326 e. The highest BCUT2D eigenvalue weighted by atomic mass is 33.1. The van der Waals surface area contributed by atoms with Crippen molar-refractivity contribution in [1.29, 1.82) is 0 Å². The zero-order valence-electron chi connectivity index (χ0n) is 53.7. The van der Waals surface area contributed by atoms with Crippen molar-refractivity contribution in [2.24, 2.45) is 5.73 Å². The predicted octanol–water partition coefficient (Wildman–Crippen LogP) is -5.38. The average Bonchev–Trinajstić information content (AvgIpc) is 1.56. The molecule has 0 radical (unpaired) electrons. The summed E-state index contributed by atoms with van der Waals surface area (Å²) in [5, 5.41) is 77.8. The van der Waals surface area contributed by atoms with E-state index in [2.05, 4.69) is 75.5 Å². The number of carboxylic acid groups (broad SMARTS) is 2. The van der Waals surface area contributed by atoms with Gasteiger partial charge in [0.25, 0.3) is 0 Å². The first kappa shape index (κ1) is 81.5. The van der Waals surface area contributed by atoms with Crippen LogP contribution in [-0.4, -0.2) is 240 Å². The first-order valence-electron chi connectivity index (χ1n) is 30.5. The number of hydrogen-bond donors (Lipinski definition) is 19. The summed E-state index contributed by atoms with van der Waals surface area (Å²) >= 11 is 4.03. The average molecular weight is 1450 g/mol. The van der Waals surface area contributed by atoms with Crippen molar-refractivity contribution in [3.05, 3.63) is 59.7 Å². The van der Waals surface area contributed by atoms with E-state index < -0.39 is 199 Å². The molecular formula is C59H82N14O21S4. The molecule has 2 fully saturated rings. The van der Waals surface area contributed by atoms with E-state index in [1.54, 1.807) is 0 Å². The molecule has 4 rings (SSSR count). The summed E-state index contributed by atoms with van der Waals surface area (Å²) in [6.07, 6.45) is -3.21. The minimum atomic E-state index is -1.73. The molecule has 2 heterocycles. The second-order valence-corrected chi connectivity index (χ2v) is 26.8. The zero-order chi connectivity index (χ0) is 73.1. The van der Waals surface area contributed by atoms with Gasteiger partial charge in [0.2, 0.25) is 76.8 Å². The molecule has 13 amide bonds. The number of carbonyl (C=O) groups is 16. The van der Waals surface area contributed by atoms with Crippen molar-refractivity contribution in [3.8, 4) is 11.5 Å². The predicted molar refractivity (Wildman–Crippen MR) is 357 cm³/mol. The van der Waals surface area contributed by atoms with Gasteiger partial charge in [0.15, 0.2) is 0 Å². The fourth-order valence-corrected chi connectivity index (χ4v) is 12.5. The highest BCUT2D eigenvalue weighted by molar-refractivity contribution is 8.76. The quantitative estimate of drug-likeness (QED) is 0.0215. The van der Waals surface area contributed by atoms with Gasteiger partial charge in [-0.05, 0) is 89.3 Å². The van der Waals surface area contributed by atoms with Crippen LogP contribution in [-0.2, 0) is 89.6 Å². The number of aldehydes is 1. The number of aliphatic hydroxyl groups excluding tert-OH is 1. The molecule has 0 bridgehead atoms. The van der Waals surface area contributed by atoms with Crippen LogP contribution in [0.5, 0.6) is 11.5 Å². The number of benzene rings is 2. The van der Waals surface area contributed by atoms with Crippen molar-refractivity contribution >= 4 is 139 Å². The Morgan fingerprint density at radius 3 is 1.82 bits per heavy atom. The van der Waals surface area contributed by atoms with Gasteiger partial charge in [0.05, 0.1) is 18.7 Å². The number of phenolic OH excluding ortho intramolecular Hbond substituents is 2. The Morgan fingerprint density at radius 2 is 1.22 bits per heavy atom. The van der Waals surface area contributed by atoms with Crippen LogP contribution in [0.2, 0.25) is 0 Å². The van der Waals surface area contributed by atoms with Crippen LogP contribution in [0, 0.1) is 0 Å². The number of nitrogens with zero attached hydrogens (tertiary/aromatic N) is 1. The lowest BCUT2D eigenvalue weighted by atomic mass is 10.0. The number of likely N-dealkylation sites (tertiary alicyclic amines) is 1. The van der Waals surface area contributed by atoms with Crippen LogP contribution < -0.4 is 69.5 Å². The summed E-state index contributed by atoms with van der Waals surface area (Å²) in [4.78, 5) is 214. The molecule has 2 saturated heterocycles. The minimum absolute atomic E-state index is 0.0327. The lowest BCUT2D eigenvalue weighted by molar-refractivity contribution is -0.143. The molecule has 98 heavy (non-hydrogen) atoms. The highest BCUT2D eigenvalue weighted by Crippen LogP contribution is 2.24. The van der Waals surface area contributed by atoms with E-state index in [0.717, 1.165) is 44.2 Å². The summed E-state index contributed by atoms with van der Waals surface area (Å²) in [5.41, 5.74) is 6.98. The number of nitrogens with one attached hydrogen (secondary N) is 12. The van der Waals surface area contributed by atoms with E-state index in [1.165, 1.54) is 76.2 Å². The molecule has 538 valence electrons. The molecule has 0 aliphatic carbocycles. The van der Waals surface area contributed by atoms with Gasteiger partial charge >= 0.3 is 11.9 Å². The SMILES string of the molecule is C[C@H](NC(=O)[C@H](C)NC(=O)[C@@H]1CCCN1C(=O)[C@H](CC=O)NC(=O)[C@@H]1CSSC[C@H](N)C(=O)N[C@@H](C)C(=O)N[C@@H](CCC(=O)O)C(=O)N[C@@H](Cc2ccc(O)cc2)C(=O)N[C@H](C)C(=O)N1)C(=O)N[C@H](C(=O)NCC(=O)N[C@@H](CSS)C(=O)N[C@@H](Cc1ccc(O)cc1)C(=O)O)[C@H](C)O. The Hall–Kier alpha value is -8.92. The van der Waals surface area contributed by atoms with E-state index in [4.69, 9.17) is 5.73 Å². The third-order valence-corrected chi connectivity index (χ3v) is 18.4. The first-order chi connectivity index (χ1) is 46.2. The third-order valence-electron chi connectivity index (χ3n) is 15.0. The Morgan fingerprint density at radius 1 is 0.663 bits per heavy atom. The van der Waals surface area contributed by atoms with Crippen molar-refractivity contribution < 1.29 is 102 Å². The molecule has 2 aliphatic heterocycles. The van der Waals surface area contributed by atoms with Crippen molar-refractivity contribution in [2.75, 3.05) is 30.3 Å². The number of nitrogens with two attached hydrogens (primary N) is 1. The van der Waals surface area contributed by atoms with Gasteiger partial charge in [-0.25, -0.2) is 4.79 Å². The molecule has 39 heteroatoms. The van der Waals surface area contributed by atoms with E-state index in [9.17, 15) is 102 Å². The van der Waals surface area contributed by atoms with E-state index in [-0.39, 0.29) is 61.0 Å². The number of hydrogen-bond acceptors (Lipinski definition) is 24. The maximum absolute atomic E-state index is 14.3. The number of phenols is 2. The lowest BCUT2D eigenvalue weighted by Crippen LogP contribution is -2.60. The van der Waals surface area contributed by atoms with Gasteiger partial charge < -0.3 is 105 Å². The number of rotatable bonds is 28. The summed E-state index contributed by atoms with van der Waals surface area (Å²) in [6, 6.07) is -8.06. The normalized spacial score (nSPS) is 21.8. The Kier molecular flexibility index (Phi) is 33.3. The van der Waals surface area contributed by atoms with Crippen LogP contribution in [0.15, 0.2) is 48.5 Å². The van der Waals surface area contributed by atoms with Crippen molar-refractivity contribution in [3.63, 3.8) is 0 Å². The molecule has 2 aromatic rings. The van der Waals surface area contributed by atoms with E-state index in [0.29, 0.717) is 17.4 Å². The second kappa shape index (κ2) is 40.1. The van der Waals surface area contributed by atoms with Gasteiger partial charge in [0, 0.05) is 49.5 Å². The molecule has 2 aromatic carbocycles. The number of aliphatic hydroxyl groups is 1. The Bertz CT molecular complexity index is 3230. The number of aliphatic carboxylic acids is 2. The summed E-state index contributed by atoms with van der Waals surface area (Å²) in [7, 11) is 2.72. The maximum atomic E-state index is 14.3. The lowest BCUT2D eigenvalue weighted by Gasteiger charge is -2.30. The summed E-state index contributed by atoms with van der Waals surface area (Å²) < 4.78 is 0. The van der Waals surface area contributed by atoms with Gasteiger partial charge in [0.1, 0.15) is 90.3 Å². The van der Waals surface area contributed by atoms with Crippen molar-refractivity contribution in [2.45, 2.75) is 164 Å². The van der Waals surface area contributed by atoms with E-state index >= 15 is 0 Å². The van der Waals surface area contributed by atoms with Gasteiger partial charge in [-0.2, -0.15) is 0 Å². The van der Waals surface area contributed by atoms with Crippen LogP contribution in [0.25, 0.3) is 0 Å². The molecule has 35 nitrogen and oxygen atoms in total. The molecular weight excluding hydrogens is 1370 g/mol. The van der Waals surface area contributed by atoms with E-state index in [1.807, 2.05) is 0 Å². The molecule has 0 spiro atoms. The monoisotopic (exact) mass is 1450 g/mol. The van der Waals surface area contributed by atoms with Gasteiger partial charge in [-0.3, -0.25) is 67.1 Å². The molecule has 19 N–H and O–H groups in total. The standard InChI is InChI=1S/C59H82N14O21S4/c1-27(47(81)62-30(4)50(84)72-46(31(5)75)57(91)61-23-44(78)66-41(25-96-95)54(88)70-40(59(93)94)22-33-10-14-35(77)15-11-33)65-56(90)43-7-6-19-73(43)58(92)38(18-20-74)68-55(89)42-26-98-97-24-36(60)51(85)63-28(2)48(82)67-37(16-17-45(79)80)52(86)69-39(21-32-8-12-34(76)13-9-32)53(87)64-29(3)49(83)71-42/h8-15,20,27-31,36-43,46,75-77,95H,6-7,16-19,21-26,60H2,1-5H3,(H,61,91)(H,62,81)(H,63,85)(H,64,87)(H,65,90)(H,66,78)(H,67,82)(H,68,89)(H,69,86)(H,70,88)(H,71,83)(H,72,84)(H,79,80)(H,93,94)/t27-,28-,29+,30-,31-,36-,37-,38-,39-,40-,41-,42-,43-,46-/m0/s1. The fraction of sp³-hybridized carbons (Fsp3) is 0.525. The zero-order valence-corrected chi connectivity index (χ0v) is 57.1. The summed E-state index contributed by atoms with van der Waals surface area (Å²) in [5.74, 6) is -16.0. The van der Waals surface area contributed by atoms with Crippen molar-refractivity contribution in [1.82, 2.24) is 68.7 Å². The number of carboxylic acids is 2. The fourth-order valence-electron chi connectivity index (χ4n) is 9.42.